The molecule has 8 nitrogen and oxygen atoms in total. The van der Waals surface area contributed by atoms with Crippen molar-refractivity contribution in [3.8, 4) is 0 Å². The fraction of sp³-hybridized carbons (Fsp3) is 0.222. The Labute approximate surface area is 94.9 Å². The molecule has 0 amide bonds. The Bertz CT molecular complexity index is 534. The number of non-ortho nitro benzene ring substituents is 1. The molecule has 88 valence electrons. The first-order valence-electron chi connectivity index (χ1n) is 4.43. The standard InChI is InChI=1S/C9H7N3O5/c1-6-7(4-10-5-13)2-8(11(14)15)3-9(6)12(16)17/h2-3H,4H2,1H3. The first-order chi connectivity index (χ1) is 7.97. The van der Waals surface area contributed by atoms with Gasteiger partial charge in [-0.3, -0.25) is 20.2 Å². The Hall–Kier alpha value is -2.60. The molecule has 0 aromatic heterocycles. The predicted octanol–water partition coefficient (Wildman–Crippen LogP) is 1.65. The summed E-state index contributed by atoms with van der Waals surface area (Å²) in [4.78, 5) is 33.1. The molecule has 1 aromatic carbocycles. The minimum absolute atomic E-state index is 0.169. The van der Waals surface area contributed by atoms with Gasteiger partial charge in [-0.2, -0.15) is 0 Å². The van der Waals surface area contributed by atoms with Gasteiger partial charge in [0, 0.05) is 11.6 Å². The van der Waals surface area contributed by atoms with Crippen molar-refractivity contribution in [3.05, 3.63) is 43.5 Å². The molecule has 0 saturated carbocycles. The minimum Gasteiger partial charge on any atom is -0.258 e. The number of benzene rings is 1. The van der Waals surface area contributed by atoms with E-state index < -0.39 is 15.5 Å². The maximum Gasteiger partial charge on any atom is 0.279 e. The van der Waals surface area contributed by atoms with Gasteiger partial charge in [0.05, 0.1) is 22.5 Å². The summed E-state index contributed by atoms with van der Waals surface area (Å²) in [5, 5.41) is 21.3. The Balaban J connectivity index is 3.42. The van der Waals surface area contributed by atoms with Crippen molar-refractivity contribution >= 4 is 17.5 Å². The normalized spacial score (nSPS) is 9.47. The minimum atomic E-state index is -0.736. The van der Waals surface area contributed by atoms with Gasteiger partial charge >= 0.3 is 0 Å². The summed E-state index contributed by atoms with van der Waals surface area (Å²) in [7, 11) is 0. The van der Waals surface area contributed by atoms with Crippen molar-refractivity contribution in [1.29, 1.82) is 0 Å². The molecule has 0 spiro atoms. The van der Waals surface area contributed by atoms with Crippen molar-refractivity contribution in [1.82, 2.24) is 0 Å². The number of nitro groups is 2. The first kappa shape index (κ1) is 12.5. The number of hydrogen-bond acceptors (Lipinski definition) is 6. The lowest BCUT2D eigenvalue weighted by Gasteiger charge is -2.03. The number of aliphatic imine (C=N–C) groups is 1. The topological polar surface area (TPSA) is 116 Å². The Morgan fingerprint density at radius 3 is 2.41 bits per heavy atom. The van der Waals surface area contributed by atoms with Crippen LogP contribution in [0.4, 0.5) is 11.4 Å². The highest BCUT2D eigenvalue weighted by atomic mass is 16.6. The van der Waals surface area contributed by atoms with E-state index in [9.17, 15) is 25.0 Å². The molecule has 0 aliphatic carbocycles. The van der Waals surface area contributed by atoms with Crippen molar-refractivity contribution in [2.45, 2.75) is 13.5 Å². The van der Waals surface area contributed by atoms with Crippen LogP contribution in [0.2, 0.25) is 0 Å². The lowest BCUT2D eigenvalue weighted by Crippen LogP contribution is -1.99. The summed E-state index contributed by atoms with van der Waals surface area (Å²) in [5.41, 5.74) is -0.262. The molecule has 1 aromatic rings. The lowest BCUT2D eigenvalue weighted by atomic mass is 10.1. The number of isocyanates is 1. The number of nitro benzene ring substituents is 2. The molecule has 1 rings (SSSR count). The average molecular weight is 237 g/mol. The molecule has 17 heavy (non-hydrogen) atoms. The third kappa shape index (κ3) is 2.70. The van der Waals surface area contributed by atoms with Crippen molar-refractivity contribution in [2.24, 2.45) is 4.99 Å². The lowest BCUT2D eigenvalue weighted by molar-refractivity contribution is -0.394. The van der Waals surface area contributed by atoms with Gasteiger partial charge in [0.2, 0.25) is 6.08 Å². The molecular weight excluding hydrogens is 230 g/mol. The largest absolute Gasteiger partial charge is 0.279 e. The highest BCUT2D eigenvalue weighted by molar-refractivity contribution is 5.53. The van der Waals surface area contributed by atoms with E-state index in [0.717, 1.165) is 12.1 Å². The molecule has 0 atom stereocenters. The Morgan fingerprint density at radius 2 is 1.94 bits per heavy atom. The summed E-state index contributed by atoms with van der Waals surface area (Å²) in [5.74, 6) is 0. The summed E-state index contributed by atoms with van der Waals surface area (Å²) in [6, 6.07) is 2.03. The summed E-state index contributed by atoms with van der Waals surface area (Å²) in [6.07, 6.45) is 1.28. The van der Waals surface area contributed by atoms with Gasteiger partial charge in [-0.15, -0.1) is 0 Å². The maximum absolute atomic E-state index is 10.7. The molecule has 0 aliphatic rings. The zero-order chi connectivity index (χ0) is 13.0. The second-order valence-corrected chi connectivity index (χ2v) is 3.17. The highest BCUT2D eigenvalue weighted by Gasteiger charge is 2.20. The van der Waals surface area contributed by atoms with Crippen LogP contribution in [-0.2, 0) is 11.3 Å². The van der Waals surface area contributed by atoms with Gasteiger partial charge in [-0.1, -0.05) is 0 Å². The zero-order valence-corrected chi connectivity index (χ0v) is 8.74. The van der Waals surface area contributed by atoms with Gasteiger partial charge in [0.25, 0.3) is 11.4 Å². The smallest absolute Gasteiger partial charge is 0.258 e. The van der Waals surface area contributed by atoms with E-state index in [1.807, 2.05) is 0 Å². The van der Waals surface area contributed by atoms with Crippen LogP contribution in [0, 0.1) is 27.2 Å². The Morgan fingerprint density at radius 1 is 1.29 bits per heavy atom. The Kier molecular flexibility index (Phi) is 3.63. The predicted molar refractivity (Wildman–Crippen MR) is 56.3 cm³/mol. The molecule has 0 aliphatic heterocycles. The van der Waals surface area contributed by atoms with Crippen LogP contribution in [-0.4, -0.2) is 15.9 Å². The van der Waals surface area contributed by atoms with E-state index in [2.05, 4.69) is 4.99 Å². The van der Waals surface area contributed by atoms with E-state index >= 15 is 0 Å². The second-order valence-electron chi connectivity index (χ2n) is 3.17. The van der Waals surface area contributed by atoms with Gasteiger partial charge < -0.3 is 0 Å². The van der Waals surface area contributed by atoms with Crippen molar-refractivity contribution in [2.75, 3.05) is 0 Å². The van der Waals surface area contributed by atoms with E-state index in [1.54, 1.807) is 0 Å². The van der Waals surface area contributed by atoms with Gasteiger partial charge in [0.15, 0.2) is 0 Å². The van der Waals surface area contributed by atoms with Crippen LogP contribution >= 0.6 is 0 Å². The van der Waals surface area contributed by atoms with Crippen molar-refractivity contribution in [3.63, 3.8) is 0 Å². The van der Waals surface area contributed by atoms with E-state index in [1.165, 1.54) is 13.0 Å². The van der Waals surface area contributed by atoms with Crippen LogP contribution in [0.25, 0.3) is 0 Å². The zero-order valence-electron chi connectivity index (χ0n) is 8.74. The summed E-state index contributed by atoms with van der Waals surface area (Å²) < 4.78 is 0. The van der Waals surface area contributed by atoms with Gasteiger partial charge in [-0.05, 0) is 12.5 Å². The maximum atomic E-state index is 10.7. The molecular formula is C9H7N3O5. The number of hydrogen-bond donors (Lipinski definition) is 0. The van der Waals surface area contributed by atoms with Gasteiger partial charge in [0.1, 0.15) is 0 Å². The average Bonchev–Trinajstić information content (AvgIpc) is 2.26. The monoisotopic (exact) mass is 237 g/mol. The number of carbonyl (C=O) groups excluding carboxylic acids is 1. The van der Waals surface area contributed by atoms with Crippen LogP contribution < -0.4 is 0 Å². The molecule has 0 bridgehead atoms. The number of nitrogens with zero attached hydrogens (tertiary/aromatic N) is 3. The molecule has 0 N–H and O–H groups in total. The molecule has 0 fully saturated rings. The van der Waals surface area contributed by atoms with Gasteiger partial charge in [-0.25, -0.2) is 9.79 Å². The fourth-order valence-corrected chi connectivity index (χ4v) is 1.32. The first-order valence-corrected chi connectivity index (χ1v) is 4.43. The molecule has 8 heteroatoms. The van der Waals surface area contributed by atoms with E-state index in [0.29, 0.717) is 0 Å². The summed E-state index contributed by atoms with van der Waals surface area (Å²) >= 11 is 0. The van der Waals surface area contributed by atoms with E-state index in [-0.39, 0.29) is 23.4 Å². The van der Waals surface area contributed by atoms with Crippen LogP contribution in [0.3, 0.4) is 0 Å². The summed E-state index contributed by atoms with van der Waals surface area (Å²) in [6.45, 7) is 1.27. The molecule has 0 saturated heterocycles. The molecule has 0 heterocycles. The third-order valence-corrected chi connectivity index (χ3v) is 2.19. The van der Waals surface area contributed by atoms with E-state index in [4.69, 9.17) is 0 Å². The number of rotatable bonds is 4. The quantitative estimate of drug-likeness (QED) is 0.341. The third-order valence-electron chi connectivity index (χ3n) is 2.19. The van der Waals surface area contributed by atoms with Crippen LogP contribution in [0.1, 0.15) is 11.1 Å². The van der Waals surface area contributed by atoms with Crippen molar-refractivity contribution < 1.29 is 14.6 Å². The fourth-order valence-electron chi connectivity index (χ4n) is 1.32. The second kappa shape index (κ2) is 4.95. The van der Waals surface area contributed by atoms with Crippen LogP contribution in [0.5, 0.6) is 0 Å². The SMILES string of the molecule is Cc1c(CN=C=O)cc([N+](=O)[O-])cc1[N+](=O)[O-]. The molecule has 0 radical (unpaired) electrons. The highest BCUT2D eigenvalue weighted by Crippen LogP contribution is 2.28. The van der Waals surface area contributed by atoms with Crippen LogP contribution in [0.15, 0.2) is 17.1 Å². The molecule has 0 unspecified atom stereocenters.